The second-order valence-electron chi connectivity index (χ2n) is 3.99. The Balaban J connectivity index is 2.87. The maximum atomic E-state index is 12.5. The Morgan fingerprint density at radius 2 is 1.94 bits per heavy atom. The van der Waals surface area contributed by atoms with E-state index in [-0.39, 0.29) is 11.5 Å². The van der Waals surface area contributed by atoms with Crippen LogP contribution in [0.25, 0.3) is 0 Å². The Morgan fingerprint density at radius 1 is 1.31 bits per heavy atom. The highest BCUT2D eigenvalue weighted by Crippen LogP contribution is 2.25. The smallest absolute Gasteiger partial charge is 0.263 e. The van der Waals surface area contributed by atoms with Gasteiger partial charge >= 0.3 is 0 Å². The maximum absolute atomic E-state index is 12.5. The molecule has 0 spiro atoms. The molecular formula is C12H17F2NO. The third kappa shape index (κ3) is 3.54. The van der Waals surface area contributed by atoms with Crippen molar-refractivity contribution < 1.29 is 13.9 Å². The van der Waals surface area contributed by atoms with Gasteiger partial charge in [-0.05, 0) is 37.4 Å². The normalized spacial score (nSPS) is 15.1. The predicted molar refractivity (Wildman–Crippen MR) is 59.5 cm³/mol. The molecule has 0 aliphatic rings. The molecule has 0 amide bonds. The summed E-state index contributed by atoms with van der Waals surface area (Å²) in [7, 11) is 0. The van der Waals surface area contributed by atoms with Crippen LogP contribution in [0, 0.1) is 0 Å². The molecule has 90 valence electrons. The fourth-order valence-electron chi connectivity index (χ4n) is 1.73. The minimum atomic E-state index is -2.47. The molecule has 4 heteroatoms. The Labute approximate surface area is 94.1 Å². The van der Waals surface area contributed by atoms with Gasteiger partial charge in [-0.25, -0.2) is 8.78 Å². The average Bonchev–Trinajstić information content (AvgIpc) is 2.25. The average molecular weight is 229 g/mol. The van der Waals surface area contributed by atoms with Gasteiger partial charge in [0.25, 0.3) is 6.43 Å². The van der Waals surface area contributed by atoms with Crippen LogP contribution in [0.5, 0.6) is 0 Å². The van der Waals surface area contributed by atoms with Crippen LogP contribution in [0.15, 0.2) is 24.3 Å². The first-order valence-electron chi connectivity index (χ1n) is 5.30. The summed E-state index contributed by atoms with van der Waals surface area (Å²) < 4.78 is 25.0. The van der Waals surface area contributed by atoms with E-state index in [9.17, 15) is 13.9 Å². The maximum Gasteiger partial charge on any atom is 0.263 e. The van der Waals surface area contributed by atoms with Gasteiger partial charge in [-0.3, -0.25) is 0 Å². The van der Waals surface area contributed by atoms with Gasteiger partial charge in [0.1, 0.15) is 0 Å². The van der Waals surface area contributed by atoms with Gasteiger partial charge in [-0.1, -0.05) is 18.2 Å². The van der Waals surface area contributed by atoms with E-state index in [2.05, 4.69) is 0 Å². The standard InChI is InChI=1S/C12H17F2NO/c1-8(16)5-11(7-15)9-3-2-4-10(6-9)12(13)14/h2-4,6,8,11-12,16H,5,7,15H2,1H3. The lowest BCUT2D eigenvalue weighted by atomic mass is 9.92. The number of aliphatic hydroxyl groups excluding tert-OH is 1. The lowest BCUT2D eigenvalue weighted by Crippen LogP contribution is -2.17. The molecule has 16 heavy (non-hydrogen) atoms. The van der Waals surface area contributed by atoms with Crippen molar-refractivity contribution in [3.63, 3.8) is 0 Å². The van der Waals surface area contributed by atoms with Crippen molar-refractivity contribution in [1.29, 1.82) is 0 Å². The molecule has 1 aromatic rings. The molecule has 0 fully saturated rings. The van der Waals surface area contributed by atoms with Crippen molar-refractivity contribution in [2.45, 2.75) is 31.8 Å². The number of hydrogen-bond acceptors (Lipinski definition) is 2. The number of hydrogen-bond donors (Lipinski definition) is 2. The van der Waals surface area contributed by atoms with E-state index in [1.54, 1.807) is 19.1 Å². The summed E-state index contributed by atoms with van der Waals surface area (Å²) in [6.07, 6.45) is -2.46. The largest absolute Gasteiger partial charge is 0.393 e. The molecule has 2 atom stereocenters. The highest BCUT2D eigenvalue weighted by Gasteiger charge is 2.15. The highest BCUT2D eigenvalue weighted by atomic mass is 19.3. The van der Waals surface area contributed by atoms with Crippen molar-refractivity contribution in [3.8, 4) is 0 Å². The van der Waals surface area contributed by atoms with Crippen LogP contribution in [0.3, 0.4) is 0 Å². The van der Waals surface area contributed by atoms with E-state index in [1.807, 2.05) is 0 Å². The van der Waals surface area contributed by atoms with Gasteiger partial charge in [0.05, 0.1) is 6.10 Å². The Hall–Kier alpha value is -1.00. The SMILES string of the molecule is CC(O)CC(CN)c1cccc(C(F)F)c1. The number of rotatable bonds is 5. The van der Waals surface area contributed by atoms with Crippen LogP contribution in [0.4, 0.5) is 8.78 Å². The summed E-state index contributed by atoms with van der Waals surface area (Å²) in [5.41, 5.74) is 6.35. The van der Waals surface area contributed by atoms with Gasteiger partial charge in [-0.2, -0.15) is 0 Å². The topological polar surface area (TPSA) is 46.2 Å². The van der Waals surface area contributed by atoms with Crippen LogP contribution in [0.1, 0.15) is 36.8 Å². The zero-order chi connectivity index (χ0) is 12.1. The zero-order valence-electron chi connectivity index (χ0n) is 9.24. The Morgan fingerprint density at radius 3 is 2.44 bits per heavy atom. The van der Waals surface area contributed by atoms with Gasteiger partial charge < -0.3 is 10.8 Å². The lowest BCUT2D eigenvalue weighted by molar-refractivity contribution is 0.151. The molecule has 2 unspecified atom stereocenters. The van der Waals surface area contributed by atoms with E-state index in [1.165, 1.54) is 12.1 Å². The van der Waals surface area contributed by atoms with Crippen molar-refractivity contribution in [2.75, 3.05) is 6.54 Å². The van der Waals surface area contributed by atoms with E-state index < -0.39 is 12.5 Å². The van der Waals surface area contributed by atoms with E-state index in [0.717, 1.165) is 5.56 Å². The van der Waals surface area contributed by atoms with Crippen molar-refractivity contribution >= 4 is 0 Å². The molecular weight excluding hydrogens is 212 g/mol. The molecule has 0 aromatic heterocycles. The van der Waals surface area contributed by atoms with Crippen molar-refractivity contribution in [3.05, 3.63) is 35.4 Å². The second kappa shape index (κ2) is 5.92. The summed E-state index contributed by atoms with van der Waals surface area (Å²) in [6, 6.07) is 6.22. The molecule has 0 aliphatic carbocycles. The first-order chi connectivity index (χ1) is 7.54. The monoisotopic (exact) mass is 229 g/mol. The zero-order valence-corrected chi connectivity index (χ0v) is 9.24. The van der Waals surface area contributed by atoms with Gasteiger partial charge in [-0.15, -0.1) is 0 Å². The summed E-state index contributed by atoms with van der Waals surface area (Å²) in [4.78, 5) is 0. The van der Waals surface area contributed by atoms with E-state index >= 15 is 0 Å². The quantitative estimate of drug-likeness (QED) is 0.814. The van der Waals surface area contributed by atoms with Gasteiger partial charge in [0.2, 0.25) is 0 Å². The van der Waals surface area contributed by atoms with Gasteiger partial charge in [0, 0.05) is 5.56 Å². The fourth-order valence-corrected chi connectivity index (χ4v) is 1.73. The molecule has 0 aliphatic heterocycles. The molecule has 1 rings (SSSR count). The van der Waals surface area contributed by atoms with Crippen LogP contribution in [-0.2, 0) is 0 Å². The fraction of sp³-hybridized carbons (Fsp3) is 0.500. The number of halogens is 2. The van der Waals surface area contributed by atoms with Crippen LogP contribution >= 0.6 is 0 Å². The number of nitrogens with two attached hydrogens (primary N) is 1. The Bertz CT molecular complexity index is 329. The van der Waals surface area contributed by atoms with Crippen molar-refractivity contribution in [1.82, 2.24) is 0 Å². The van der Waals surface area contributed by atoms with Crippen LogP contribution in [-0.4, -0.2) is 17.8 Å². The molecule has 0 heterocycles. The molecule has 0 bridgehead atoms. The van der Waals surface area contributed by atoms with Crippen LogP contribution in [0.2, 0.25) is 0 Å². The summed E-state index contributed by atoms with van der Waals surface area (Å²) >= 11 is 0. The summed E-state index contributed by atoms with van der Waals surface area (Å²) in [5.74, 6) is -0.0706. The number of benzene rings is 1. The number of alkyl halides is 2. The summed E-state index contributed by atoms with van der Waals surface area (Å²) in [5, 5.41) is 9.29. The highest BCUT2D eigenvalue weighted by molar-refractivity contribution is 5.27. The third-order valence-electron chi connectivity index (χ3n) is 2.54. The van der Waals surface area contributed by atoms with Gasteiger partial charge in [0.15, 0.2) is 0 Å². The molecule has 0 radical (unpaired) electrons. The molecule has 0 saturated heterocycles. The molecule has 0 saturated carbocycles. The predicted octanol–water partition coefficient (Wildman–Crippen LogP) is 2.44. The second-order valence-corrected chi connectivity index (χ2v) is 3.99. The van der Waals surface area contributed by atoms with Crippen LogP contribution < -0.4 is 5.73 Å². The molecule has 1 aromatic carbocycles. The minimum absolute atomic E-state index is 0.00143. The molecule has 2 nitrogen and oxygen atoms in total. The number of aliphatic hydroxyl groups is 1. The van der Waals surface area contributed by atoms with E-state index in [4.69, 9.17) is 5.73 Å². The first-order valence-corrected chi connectivity index (χ1v) is 5.30. The van der Waals surface area contributed by atoms with Crippen molar-refractivity contribution in [2.24, 2.45) is 5.73 Å². The lowest BCUT2D eigenvalue weighted by Gasteiger charge is -2.17. The first kappa shape index (κ1) is 13.1. The minimum Gasteiger partial charge on any atom is -0.393 e. The summed E-state index contributed by atoms with van der Waals surface area (Å²) in [6.45, 7) is 2.01. The molecule has 3 N–H and O–H groups in total. The third-order valence-corrected chi connectivity index (χ3v) is 2.54. The Kier molecular flexibility index (Phi) is 4.83. The van der Waals surface area contributed by atoms with E-state index in [0.29, 0.717) is 13.0 Å².